The second-order valence-electron chi connectivity index (χ2n) is 6.18. The van der Waals surface area contributed by atoms with Crippen LogP contribution in [0.25, 0.3) is 0 Å². The average Bonchev–Trinajstić information content (AvgIpc) is 3.18. The topological polar surface area (TPSA) is 21.3 Å². The minimum atomic E-state index is 0.553. The van der Waals surface area contributed by atoms with Crippen molar-refractivity contribution in [2.45, 2.75) is 70.9 Å². The number of hydrogen-bond donors (Lipinski definition) is 1. The largest absolute Gasteiger partial charge is 0.378 e. The molecule has 100 valence electrons. The van der Waals surface area contributed by atoms with Gasteiger partial charge in [0.05, 0.1) is 12.7 Å². The Bertz CT molecular complexity index is 215. The fraction of sp³-hybridized carbons (Fsp3) is 1.00. The predicted octanol–water partition coefficient (Wildman–Crippen LogP) is 3.36. The van der Waals surface area contributed by atoms with Gasteiger partial charge in [-0.1, -0.05) is 33.1 Å². The first-order valence-electron chi connectivity index (χ1n) is 7.63. The smallest absolute Gasteiger partial charge is 0.0578 e. The molecule has 2 aliphatic carbocycles. The Morgan fingerprint density at radius 1 is 1.24 bits per heavy atom. The Morgan fingerprint density at radius 3 is 2.76 bits per heavy atom. The van der Waals surface area contributed by atoms with Gasteiger partial charge in [-0.05, 0) is 37.5 Å². The van der Waals surface area contributed by atoms with Crippen LogP contribution >= 0.6 is 0 Å². The molecule has 3 unspecified atom stereocenters. The van der Waals surface area contributed by atoms with E-state index in [1.165, 1.54) is 44.9 Å². The van der Waals surface area contributed by atoms with E-state index < -0.39 is 0 Å². The third-order valence-electron chi connectivity index (χ3n) is 4.26. The van der Waals surface area contributed by atoms with Crippen molar-refractivity contribution in [1.82, 2.24) is 5.32 Å². The Kier molecular flexibility index (Phi) is 5.30. The molecule has 0 aromatic carbocycles. The van der Waals surface area contributed by atoms with Gasteiger partial charge >= 0.3 is 0 Å². The third kappa shape index (κ3) is 4.97. The molecule has 2 aliphatic rings. The molecule has 0 radical (unpaired) electrons. The molecule has 0 aromatic heterocycles. The van der Waals surface area contributed by atoms with Crippen molar-refractivity contribution >= 4 is 0 Å². The molecule has 2 heteroatoms. The quantitative estimate of drug-likeness (QED) is 0.735. The zero-order chi connectivity index (χ0) is 12.1. The summed E-state index contributed by atoms with van der Waals surface area (Å²) in [4.78, 5) is 0. The van der Waals surface area contributed by atoms with Gasteiger partial charge in [-0.25, -0.2) is 0 Å². The maximum Gasteiger partial charge on any atom is 0.0578 e. The summed E-state index contributed by atoms with van der Waals surface area (Å²) in [6, 6.07) is 0.830. The van der Waals surface area contributed by atoms with Gasteiger partial charge in [-0.15, -0.1) is 0 Å². The van der Waals surface area contributed by atoms with E-state index in [9.17, 15) is 0 Å². The second kappa shape index (κ2) is 6.75. The molecule has 2 fully saturated rings. The van der Waals surface area contributed by atoms with Crippen molar-refractivity contribution in [3.8, 4) is 0 Å². The summed E-state index contributed by atoms with van der Waals surface area (Å²) in [7, 11) is 0. The van der Waals surface area contributed by atoms with Gasteiger partial charge < -0.3 is 10.1 Å². The number of hydrogen-bond acceptors (Lipinski definition) is 2. The Labute approximate surface area is 107 Å². The lowest BCUT2D eigenvalue weighted by molar-refractivity contribution is -0.00292. The average molecular weight is 239 g/mol. The van der Waals surface area contributed by atoms with E-state index >= 15 is 0 Å². The summed E-state index contributed by atoms with van der Waals surface area (Å²) in [5.41, 5.74) is 0. The van der Waals surface area contributed by atoms with Crippen LogP contribution < -0.4 is 5.32 Å². The van der Waals surface area contributed by atoms with E-state index in [-0.39, 0.29) is 0 Å². The normalized spacial score (nSPS) is 31.4. The van der Waals surface area contributed by atoms with Crippen LogP contribution in [-0.2, 0) is 4.74 Å². The fourth-order valence-corrected chi connectivity index (χ4v) is 2.78. The van der Waals surface area contributed by atoms with E-state index in [2.05, 4.69) is 19.2 Å². The van der Waals surface area contributed by atoms with Gasteiger partial charge in [-0.3, -0.25) is 0 Å². The Hall–Kier alpha value is -0.0800. The van der Waals surface area contributed by atoms with Crippen molar-refractivity contribution in [2.24, 2.45) is 11.8 Å². The van der Waals surface area contributed by atoms with Crippen molar-refractivity contribution in [3.05, 3.63) is 0 Å². The first-order chi connectivity index (χ1) is 8.28. The summed E-state index contributed by atoms with van der Waals surface area (Å²) < 4.78 is 6.09. The van der Waals surface area contributed by atoms with E-state index in [4.69, 9.17) is 4.74 Å². The summed E-state index contributed by atoms with van der Waals surface area (Å²) in [6.07, 6.45) is 10.0. The van der Waals surface area contributed by atoms with Gasteiger partial charge in [0.15, 0.2) is 0 Å². The van der Waals surface area contributed by atoms with E-state index in [1.807, 2.05) is 0 Å². The molecule has 0 aromatic rings. The molecule has 3 atom stereocenters. The molecule has 0 saturated heterocycles. The molecule has 0 amide bonds. The zero-order valence-electron chi connectivity index (χ0n) is 11.6. The van der Waals surface area contributed by atoms with Crippen LogP contribution in [0.3, 0.4) is 0 Å². The highest BCUT2D eigenvalue weighted by Gasteiger charge is 2.23. The highest BCUT2D eigenvalue weighted by atomic mass is 16.5. The lowest BCUT2D eigenvalue weighted by Crippen LogP contribution is -2.29. The predicted molar refractivity (Wildman–Crippen MR) is 72.2 cm³/mol. The SMILES string of the molecule is CCC1CCCC(OCC(C)CNC2CC2)C1. The molecule has 2 rings (SSSR count). The number of nitrogens with one attached hydrogen (secondary N) is 1. The van der Waals surface area contributed by atoms with Gasteiger partial charge in [0.1, 0.15) is 0 Å². The summed E-state index contributed by atoms with van der Waals surface area (Å²) in [5, 5.41) is 3.58. The van der Waals surface area contributed by atoms with E-state index in [0.717, 1.165) is 25.1 Å². The minimum absolute atomic E-state index is 0.553. The number of rotatable bonds is 7. The molecular weight excluding hydrogens is 210 g/mol. The maximum atomic E-state index is 6.09. The standard InChI is InChI=1S/C15H29NO/c1-3-13-5-4-6-15(9-13)17-11-12(2)10-16-14-7-8-14/h12-16H,3-11H2,1-2H3. The Morgan fingerprint density at radius 2 is 2.06 bits per heavy atom. The highest BCUT2D eigenvalue weighted by molar-refractivity contribution is 4.81. The molecule has 0 aliphatic heterocycles. The van der Waals surface area contributed by atoms with Crippen LogP contribution in [0.4, 0.5) is 0 Å². The molecule has 0 heterocycles. The van der Waals surface area contributed by atoms with Crippen LogP contribution in [0, 0.1) is 11.8 Å². The van der Waals surface area contributed by atoms with Crippen molar-refractivity contribution in [3.63, 3.8) is 0 Å². The van der Waals surface area contributed by atoms with Crippen LogP contribution in [0.15, 0.2) is 0 Å². The summed E-state index contributed by atoms with van der Waals surface area (Å²) in [6.45, 7) is 6.69. The lowest BCUT2D eigenvalue weighted by Gasteiger charge is -2.29. The number of ether oxygens (including phenoxy) is 1. The minimum Gasteiger partial charge on any atom is -0.378 e. The van der Waals surface area contributed by atoms with Gasteiger partial charge in [0.25, 0.3) is 0 Å². The van der Waals surface area contributed by atoms with Crippen LogP contribution in [0.1, 0.15) is 58.8 Å². The van der Waals surface area contributed by atoms with Gasteiger partial charge in [0.2, 0.25) is 0 Å². The van der Waals surface area contributed by atoms with Crippen molar-refractivity contribution in [1.29, 1.82) is 0 Å². The summed E-state index contributed by atoms with van der Waals surface area (Å²) >= 11 is 0. The molecule has 17 heavy (non-hydrogen) atoms. The first kappa shape index (κ1) is 13.4. The van der Waals surface area contributed by atoms with Gasteiger partial charge in [-0.2, -0.15) is 0 Å². The first-order valence-corrected chi connectivity index (χ1v) is 7.63. The molecule has 2 saturated carbocycles. The van der Waals surface area contributed by atoms with E-state index in [0.29, 0.717) is 12.0 Å². The maximum absolute atomic E-state index is 6.09. The molecule has 1 N–H and O–H groups in total. The van der Waals surface area contributed by atoms with Crippen molar-refractivity contribution < 1.29 is 4.74 Å². The van der Waals surface area contributed by atoms with E-state index in [1.54, 1.807) is 0 Å². The third-order valence-corrected chi connectivity index (χ3v) is 4.26. The molecule has 2 nitrogen and oxygen atoms in total. The monoisotopic (exact) mass is 239 g/mol. The van der Waals surface area contributed by atoms with Gasteiger partial charge in [0, 0.05) is 12.6 Å². The molecule has 0 spiro atoms. The zero-order valence-corrected chi connectivity index (χ0v) is 11.6. The highest BCUT2D eigenvalue weighted by Crippen LogP contribution is 2.28. The fourth-order valence-electron chi connectivity index (χ4n) is 2.78. The van der Waals surface area contributed by atoms with Crippen molar-refractivity contribution in [2.75, 3.05) is 13.2 Å². The summed E-state index contributed by atoms with van der Waals surface area (Å²) in [5.74, 6) is 1.59. The van der Waals surface area contributed by atoms with Crippen LogP contribution in [0.5, 0.6) is 0 Å². The molecule has 0 bridgehead atoms. The lowest BCUT2D eigenvalue weighted by atomic mass is 9.85. The second-order valence-corrected chi connectivity index (χ2v) is 6.18. The van der Waals surface area contributed by atoms with Crippen LogP contribution in [-0.4, -0.2) is 25.3 Å². The molecular formula is C15H29NO. The Balaban J connectivity index is 1.56. The van der Waals surface area contributed by atoms with Crippen LogP contribution in [0.2, 0.25) is 0 Å².